The Morgan fingerprint density at radius 2 is 1.37 bits per heavy atom. The van der Waals surface area contributed by atoms with Gasteiger partial charge < -0.3 is 4.90 Å². The van der Waals surface area contributed by atoms with Gasteiger partial charge in [-0.05, 0) is 31.2 Å². The van der Waals surface area contributed by atoms with Crippen LogP contribution in [0.15, 0.2) is 54.6 Å². The van der Waals surface area contributed by atoms with Gasteiger partial charge >= 0.3 is 0 Å². The summed E-state index contributed by atoms with van der Waals surface area (Å²) in [5, 5.41) is 0. The Balaban J connectivity index is 2.22. The zero-order chi connectivity index (χ0) is 13.8. The molecule has 2 rings (SSSR count). The van der Waals surface area contributed by atoms with Gasteiger partial charge in [-0.25, -0.2) is 0 Å². The summed E-state index contributed by atoms with van der Waals surface area (Å²) in [5.41, 5.74) is 2.01. The lowest BCUT2D eigenvalue weighted by atomic mass is 10.1. The Morgan fingerprint density at radius 3 is 1.89 bits per heavy atom. The summed E-state index contributed by atoms with van der Waals surface area (Å²) in [6.45, 7) is 1.51. The Hall–Kier alpha value is -2.42. The second-order valence-corrected chi connectivity index (χ2v) is 4.33. The predicted octanol–water partition coefficient (Wildman–Crippen LogP) is 3.17. The largest absolute Gasteiger partial charge is 0.311 e. The quantitative estimate of drug-likeness (QED) is 0.788. The van der Waals surface area contributed by atoms with Crippen molar-refractivity contribution in [3.05, 3.63) is 65.7 Å². The van der Waals surface area contributed by atoms with Crippen molar-refractivity contribution >= 4 is 17.4 Å². The van der Waals surface area contributed by atoms with Crippen LogP contribution in [0, 0.1) is 0 Å². The molecule has 0 radical (unpaired) electrons. The summed E-state index contributed by atoms with van der Waals surface area (Å²) in [7, 11) is 1.73. The third-order valence-corrected chi connectivity index (χ3v) is 2.99. The number of ketones is 1. The van der Waals surface area contributed by atoms with E-state index in [2.05, 4.69) is 0 Å². The predicted molar refractivity (Wildman–Crippen MR) is 75.6 cm³/mol. The number of rotatable bonds is 3. The SMILES string of the molecule is CC(=O)c1ccc(C(=O)N(C)c2ccccc2)cc1. The second kappa shape index (κ2) is 5.48. The van der Waals surface area contributed by atoms with E-state index in [4.69, 9.17) is 0 Å². The van der Waals surface area contributed by atoms with Crippen molar-refractivity contribution < 1.29 is 9.59 Å². The number of para-hydroxylation sites is 1. The van der Waals surface area contributed by atoms with Gasteiger partial charge in [-0.15, -0.1) is 0 Å². The first-order valence-corrected chi connectivity index (χ1v) is 6.03. The van der Waals surface area contributed by atoms with E-state index in [-0.39, 0.29) is 11.7 Å². The van der Waals surface area contributed by atoms with Crippen LogP contribution < -0.4 is 4.90 Å². The molecule has 0 heterocycles. The first kappa shape index (κ1) is 13.0. The maximum atomic E-state index is 12.3. The number of carbonyl (C=O) groups is 2. The summed E-state index contributed by atoms with van der Waals surface area (Å²) in [4.78, 5) is 25.0. The molecule has 0 aliphatic carbocycles. The summed E-state index contributed by atoms with van der Waals surface area (Å²) in [5.74, 6) is -0.100. The number of benzene rings is 2. The van der Waals surface area contributed by atoms with E-state index in [9.17, 15) is 9.59 Å². The molecule has 2 aromatic carbocycles. The highest BCUT2D eigenvalue weighted by molar-refractivity contribution is 6.06. The molecule has 0 aliphatic rings. The molecule has 1 amide bonds. The number of hydrogen-bond donors (Lipinski definition) is 0. The summed E-state index contributed by atoms with van der Waals surface area (Å²) in [6, 6.07) is 16.1. The lowest BCUT2D eigenvalue weighted by Gasteiger charge is -2.17. The number of carbonyl (C=O) groups excluding carboxylic acids is 2. The topological polar surface area (TPSA) is 37.4 Å². The number of amides is 1. The zero-order valence-electron chi connectivity index (χ0n) is 11.0. The minimum atomic E-state index is -0.0960. The van der Waals surface area contributed by atoms with Gasteiger partial charge in [-0.1, -0.05) is 30.3 Å². The van der Waals surface area contributed by atoms with E-state index in [1.165, 1.54) is 6.92 Å². The fraction of sp³-hybridized carbons (Fsp3) is 0.125. The molecule has 0 N–H and O–H groups in total. The van der Waals surface area contributed by atoms with Gasteiger partial charge in [0.15, 0.2) is 5.78 Å². The highest BCUT2D eigenvalue weighted by Gasteiger charge is 2.13. The molecule has 0 saturated heterocycles. The first-order valence-electron chi connectivity index (χ1n) is 6.03. The molecule has 0 unspecified atom stereocenters. The van der Waals surface area contributed by atoms with Crippen molar-refractivity contribution in [2.45, 2.75) is 6.92 Å². The van der Waals surface area contributed by atoms with Crippen LogP contribution in [-0.2, 0) is 0 Å². The molecule has 3 nitrogen and oxygen atoms in total. The van der Waals surface area contributed by atoms with Gasteiger partial charge in [-0.2, -0.15) is 0 Å². The third-order valence-electron chi connectivity index (χ3n) is 2.99. The molecule has 0 bridgehead atoms. The van der Waals surface area contributed by atoms with Crippen LogP contribution >= 0.6 is 0 Å². The Morgan fingerprint density at radius 1 is 0.842 bits per heavy atom. The minimum absolute atomic E-state index is 0.00425. The highest BCUT2D eigenvalue weighted by Crippen LogP contribution is 2.15. The second-order valence-electron chi connectivity index (χ2n) is 4.33. The van der Waals surface area contributed by atoms with Crippen LogP contribution in [0.5, 0.6) is 0 Å². The number of Topliss-reactive ketones (excluding diaryl/α,β-unsaturated/α-hetero) is 1. The number of nitrogens with zero attached hydrogens (tertiary/aromatic N) is 1. The molecular weight excluding hydrogens is 238 g/mol. The number of anilines is 1. The van der Waals surface area contributed by atoms with Gasteiger partial charge in [-0.3, -0.25) is 9.59 Å². The van der Waals surface area contributed by atoms with Crippen LogP contribution in [-0.4, -0.2) is 18.7 Å². The molecule has 3 heteroatoms. The average molecular weight is 253 g/mol. The van der Waals surface area contributed by atoms with Crippen LogP contribution in [0.3, 0.4) is 0 Å². The fourth-order valence-electron chi connectivity index (χ4n) is 1.81. The van der Waals surface area contributed by atoms with E-state index in [1.54, 1.807) is 36.2 Å². The van der Waals surface area contributed by atoms with Gasteiger partial charge in [0.05, 0.1) is 0 Å². The molecule has 0 aliphatic heterocycles. The minimum Gasteiger partial charge on any atom is -0.311 e. The third kappa shape index (κ3) is 2.88. The average Bonchev–Trinajstić information content (AvgIpc) is 2.46. The van der Waals surface area contributed by atoms with Crippen molar-refractivity contribution in [1.82, 2.24) is 0 Å². The molecule has 2 aromatic rings. The maximum absolute atomic E-state index is 12.3. The van der Waals surface area contributed by atoms with E-state index in [1.807, 2.05) is 30.3 Å². The Kier molecular flexibility index (Phi) is 3.76. The summed E-state index contributed by atoms with van der Waals surface area (Å²) >= 11 is 0. The van der Waals surface area contributed by atoms with Gasteiger partial charge in [0.25, 0.3) is 5.91 Å². The lowest BCUT2D eigenvalue weighted by Crippen LogP contribution is -2.26. The molecular formula is C16H15NO2. The van der Waals surface area contributed by atoms with Crippen LogP contribution in [0.25, 0.3) is 0 Å². The van der Waals surface area contributed by atoms with Crippen LogP contribution in [0.4, 0.5) is 5.69 Å². The lowest BCUT2D eigenvalue weighted by molar-refractivity contribution is 0.0988. The fourth-order valence-corrected chi connectivity index (χ4v) is 1.81. The van der Waals surface area contributed by atoms with E-state index < -0.39 is 0 Å². The molecule has 96 valence electrons. The molecule has 19 heavy (non-hydrogen) atoms. The van der Waals surface area contributed by atoms with Crippen LogP contribution in [0.1, 0.15) is 27.6 Å². The summed E-state index contributed by atoms with van der Waals surface area (Å²) in [6.07, 6.45) is 0. The zero-order valence-corrected chi connectivity index (χ0v) is 11.0. The van der Waals surface area contributed by atoms with Crippen molar-refractivity contribution in [1.29, 1.82) is 0 Å². The number of hydrogen-bond acceptors (Lipinski definition) is 2. The standard InChI is InChI=1S/C16H15NO2/c1-12(18)13-8-10-14(11-9-13)16(19)17(2)15-6-4-3-5-7-15/h3-11H,1-2H3. The van der Waals surface area contributed by atoms with E-state index in [0.29, 0.717) is 11.1 Å². The Labute approximate surface area is 112 Å². The van der Waals surface area contributed by atoms with Gasteiger partial charge in [0.1, 0.15) is 0 Å². The molecule has 0 atom stereocenters. The smallest absolute Gasteiger partial charge is 0.258 e. The normalized spacial score (nSPS) is 10.0. The van der Waals surface area contributed by atoms with Gasteiger partial charge in [0.2, 0.25) is 0 Å². The van der Waals surface area contributed by atoms with Crippen molar-refractivity contribution in [2.24, 2.45) is 0 Å². The molecule has 0 saturated carbocycles. The van der Waals surface area contributed by atoms with Crippen molar-refractivity contribution in [2.75, 3.05) is 11.9 Å². The van der Waals surface area contributed by atoms with Gasteiger partial charge in [0, 0.05) is 23.9 Å². The molecule has 0 spiro atoms. The Bertz CT molecular complexity index is 588. The van der Waals surface area contributed by atoms with E-state index >= 15 is 0 Å². The maximum Gasteiger partial charge on any atom is 0.258 e. The highest BCUT2D eigenvalue weighted by atomic mass is 16.2. The van der Waals surface area contributed by atoms with E-state index in [0.717, 1.165) is 5.69 Å². The molecule has 0 fully saturated rings. The van der Waals surface area contributed by atoms with Crippen LogP contribution in [0.2, 0.25) is 0 Å². The molecule has 0 aromatic heterocycles. The summed E-state index contributed by atoms with van der Waals surface area (Å²) < 4.78 is 0. The first-order chi connectivity index (χ1) is 9.09. The van der Waals surface area contributed by atoms with Crippen molar-refractivity contribution in [3.8, 4) is 0 Å². The van der Waals surface area contributed by atoms with Crippen molar-refractivity contribution in [3.63, 3.8) is 0 Å². The monoisotopic (exact) mass is 253 g/mol.